The van der Waals surface area contributed by atoms with Crippen LogP contribution in [0.15, 0.2) is 48.5 Å². The highest BCUT2D eigenvalue weighted by atomic mass is 19.1. The van der Waals surface area contributed by atoms with E-state index in [0.717, 1.165) is 5.56 Å². The quantitative estimate of drug-likeness (QED) is 0.578. The first-order valence-electron chi connectivity index (χ1n) is 5.23. The molecule has 2 aromatic rings. The van der Waals surface area contributed by atoms with Gasteiger partial charge in [0.2, 0.25) is 0 Å². The number of carbonyl (C=O) groups is 1. The van der Waals surface area contributed by atoms with E-state index in [1.165, 1.54) is 24.3 Å². The van der Waals surface area contributed by atoms with Crippen molar-refractivity contribution in [3.8, 4) is 0 Å². The zero-order valence-electron chi connectivity index (χ0n) is 9.19. The number of halogens is 1. The van der Waals surface area contributed by atoms with Crippen LogP contribution in [0.1, 0.15) is 21.5 Å². The number of hydrogen-bond acceptors (Lipinski definition) is 1. The lowest BCUT2D eigenvalue weighted by Gasteiger charge is -2.00. The van der Waals surface area contributed by atoms with Gasteiger partial charge in [0.05, 0.1) is 5.56 Å². The molecule has 0 N–H and O–H groups in total. The summed E-state index contributed by atoms with van der Waals surface area (Å²) in [5.41, 5.74) is 2.03. The lowest BCUT2D eigenvalue weighted by Crippen LogP contribution is -2.01. The second-order valence-electron chi connectivity index (χ2n) is 3.66. The predicted molar refractivity (Wildman–Crippen MR) is 65.0 cm³/mol. The maximum atomic E-state index is 12.7. The van der Waals surface area contributed by atoms with Crippen LogP contribution in [0.4, 0.5) is 4.39 Å². The minimum atomic E-state index is -0.344. The fourth-order valence-electron chi connectivity index (χ4n) is 1.54. The molecule has 0 amide bonds. The third-order valence-corrected chi connectivity index (χ3v) is 2.51. The van der Waals surface area contributed by atoms with Crippen LogP contribution < -0.4 is 0 Å². The number of benzene rings is 2. The van der Waals surface area contributed by atoms with E-state index in [1.807, 2.05) is 12.1 Å². The molecule has 0 aliphatic rings. The van der Waals surface area contributed by atoms with Gasteiger partial charge in [0, 0.05) is 35.4 Å². The molecule has 0 unspecified atom stereocenters. The Morgan fingerprint density at radius 1 is 0.941 bits per heavy atom. The lowest BCUT2D eigenvalue weighted by molar-refractivity contribution is 0.103. The van der Waals surface area contributed by atoms with Crippen LogP contribution in [-0.4, -0.2) is 5.78 Å². The first-order valence-corrected chi connectivity index (χ1v) is 5.23. The van der Waals surface area contributed by atoms with Crippen molar-refractivity contribution in [3.05, 3.63) is 84.4 Å². The Morgan fingerprint density at radius 2 is 1.41 bits per heavy atom. The van der Waals surface area contributed by atoms with Gasteiger partial charge in [-0.05, 0) is 24.3 Å². The minimum Gasteiger partial charge on any atom is -0.289 e. The molecule has 0 saturated carbocycles. The summed E-state index contributed by atoms with van der Waals surface area (Å²) >= 11 is 0. The standard InChI is InChI=1S/C15H11FO/c1-2-11-3-5-12(6-4-11)15(17)13-7-9-14(16)10-8-13/h2-10H,1H2. The average Bonchev–Trinajstić information content (AvgIpc) is 2.39. The van der Waals surface area contributed by atoms with Gasteiger partial charge in [-0.2, -0.15) is 0 Å². The molecule has 0 aliphatic carbocycles. The SMILES string of the molecule is [CH2-][CH+]c1ccc(C(=O)c2ccc(F)cc2)cc1. The fourth-order valence-corrected chi connectivity index (χ4v) is 1.54. The molecule has 0 radical (unpaired) electrons. The van der Waals surface area contributed by atoms with Gasteiger partial charge in [-0.15, -0.1) is 6.42 Å². The van der Waals surface area contributed by atoms with Crippen molar-refractivity contribution >= 4 is 5.78 Å². The smallest absolute Gasteiger partial charge is 0.195 e. The van der Waals surface area contributed by atoms with E-state index >= 15 is 0 Å². The maximum absolute atomic E-state index is 12.7. The Labute approximate surface area is 99.9 Å². The summed E-state index contributed by atoms with van der Waals surface area (Å²) in [6, 6.07) is 12.7. The Balaban J connectivity index is 2.27. The summed E-state index contributed by atoms with van der Waals surface area (Å²) < 4.78 is 12.7. The molecule has 0 fully saturated rings. The molecule has 84 valence electrons. The third kappa shape index (κ3) is 2.53. The van der Waals surface area contributed by atoms with Gasteiger partial charge in [0.15, 0.2) is 5.78 Å². The summed E-state index contributed by atoms with van der Waals surface area (Å²) in [6.07, 6.45) is 1.71. The van der Waals surface area contributed by atoms with Crippen molar-refractivity contribution in [2.45, 2.75) is 0 Å². The second kappa shape index (κ2) is 4.83. The number of hydrogen-bond donors (Lipinski definition) is 0. The maximum Gasteiger partial charge on any atom is 0.195 e. The summed E-state index contributed by atoms with van der Waals surface area (Å²) in [7, 11) is 0. The average molecular weight is 226 g/mol. The summed E-state index contributed by atoms with van der Waals surface area (Å²) in [4.78, 5) is 12.0. The second-order valence-corrected chi connectivity index (χ2v) is 3.66. The third-order valence-electron chi connectivity index (χ3n) is 2.51. The van der Waals surface area contributed by atoms with Gasteiger partial charge in [0.1, 0.15) is 5.82 Å². The Morgan fingerprint density at radius 3 is 1.88 bits per heavy atom. The molecule has 0 saturated heterocycles. The van der Waals surface area contributed by atoms with Crippen LogP contribution >= 0.6 is 0 Å². The van der Waals surface area contributed by atoms with Gasteiger partial charge in [-0.3, -0.25) is 11.7 Å². The molecule has 2 aromatic carbocycles. The topological polar surface area (TPSA) is 17.1 Å². The number of ketones is 1. The van der Waals surface area contributed by atoms with E-state index in [1.54, 1.807) is 18.6 Å². The van der Waals surface area contributed by atoms with E-state index in [2.05, 4.69) is 6.92 Å². The van der Waals surface area contributed by atoms with Gasteiger partial charge in [-0.25, -0.2) is 4.39 Å². The molecule has 0 spiro atoms. The predicted octanol–water partition coefficient (Wildman–Crippen LogP) is 3.44. The molecule has 0 bridgehead atoms. The van der Waals surface area contributed by atoms with Gasteiger partial charge in [-0.1, -0.05) is 0 Å². The molecule has 17 heavy (non-hydrogen) atoms. The molecule has 0 heterocycles. The van der Waals surface area contributed by atoms with Crippen molar-refractivity contribution < 1.29 is 9.18 Å². The minimum absolute atomic E-state index is 0.111. The molecule has 0 aromatic heterocycles. The molecule has 2 heteroatoms. The van der Waals surface area contributed by atoms with Gasteiger partial charge in [0.25, 0.3) is 0 Å². The van der Waals surface area contributed by atoms with Gasteiger partial charge >= 0.3 is 0 Å². The largest absolute Gasteiger partial charge is 0.289 e. The first kappa shape index (κ1) is 11.4. The molecule has 2 rings (SSSR count). The molecule has 0 atom stereocenters. The van der Waals surface area contributed by atoms with Crippen LogP contribution in [0.3, 0.4) is 0 Å². The van der Waals surface area contributed by atoms with Gasteiger partial charge < -0.3 is 0 Å². The highest BCUT2D eigenvalue weighted by Gasteiger charge is 2.10. The monoisotopic (exact) mass is 226 g/mol. The Hall–Kier alpha value is -2.09. The van der Waals surface area contributed by atoms with E-state index < -0.39 is 0 Å². The van der Waals surface area contributed by atoms with E-state index in [9.17, 15) is 9.18 Å². The zero-order chi connectivity index (χ0) is 12.3. The van der Waals surface area contributed by atoms with Crippen molar-refractivity contribution in [2.75, 3.05) is 0 Å². The number of carbonyl (C=O) groups excluding carboxylic acids is 1. The van der Waals surface area contributed by atoms with Crippen LogP contribution in [0.2, 0.25) is 0 Å². The molecular formula is C15H11FO. The fraction of sp³-hybridized carbons (Fsp3) is 0. The highest BCUT2D eigenvalue weighted by Crippen LogP contribution is 2.12. The molecule has 0 aliphatic heterocycles. The molecular weight excluding hydrogens is 215 g/mol. The van der Waals surface area contributed by atoms with Crippen LogP contribution in [0.25, 0.3) is 0 Å². The first-order chi connectivity index (χ1) is 8.20. The lowest BCUT2D eigenvalue weighted by atomic mass is 10.0. The van der Waals surface area contributed by atoms with E-state index in [-0.39, 0.29) is 11.6 Å². The van der Waals surface area contributed by atoms with Crippen molar-refractivity contribution in [2.24, 2.45) is 0 Å². The van der Waals surface area contributed by atoms with Crippen molar-refractivity contribution in [1.29, 1.82) is 0 Å². The number of rotatable bonds is 3. The van der Waals surface area contributed by atoms with Crippen LogP contribution in [0, 0.1) is 19.2 Å². The summed E-state index contributed by atoms with van der Waals surface area (Å²) in [6.45, 7) is 3.65. The summed E-state index contributed by atoms with van der Waals surface area (Å²) in [5.74, 6) is -0.454. The molecule has 1 nitrogen and oxygen atoms in total. The van der Waals surface area contributed by atoms with Crippen LogP contribution in [0.5, 0.6) is 0 Å². The Bertz CT molecular complexity index is 512. The van der Waals surface area contributed by atoms with Crippen LogP contribution in [-0.2, 0) is 0 Å². The zero-order valence-corrected chi connectivity index (χ0v) is 9.19. The summed E-state index contributed by atoms with van der Waals surface area (Å²) in [5, 5.41) is 0. The Kier molecular flexibility index (Phi) is 3.24. The van der Waals surface area contributed by atoms with E-state index in [0.29, 0.717) is 11.1 Å². The van der Waals surface area contributed by atoms with Crippen molar-refractivity contribution in [3.63, 3.8) is 0 Å². The highest BCUT2D eigenvalue weighted by molar-refractivity contribution is 6.08. The van der Waals surface area contributed by atoms with E-state index in [4.69, 9.17) is 0 Å². The van der Waals surface area contributed by atoms with Crippen molar-refractivity contribution in [1.82, 2.24) is 0 Å². The normalized spacial score (nSPS) is 10.0.